The molecule has 1 heterocycles. The Bertz CT molecular complexity index is 711. The van der Waals surface area contributed by atoms with Gasteiger partial charge in [0.25, 0.3) is 5.91 Å². The second-order valence-electron chi connectivity index (χ2n) is 5.16. The second-order valence-corrected chi connectivity index (χ2v) is 5.16. The Labute approximate surface area is 125 Å². The summed E-state index contributed by atoms with van der Waals surface area (Å²) in [4.78, 5) is 20.1. The van der Waals surface area contributed by atoms with Crippen molar-refractivity contribution in [2.45, 2.75) is 25.8 Å². The molecular formula is C15H14F2N4O. The summed E-state index contributed by atoms with van der Waals surface area (Å²) in [5.41, 5.74) is -0.146. The molecule has 1 fully saturated rings. The molecule has 0 aliphatic heterocycles. The highest BCUT2D eigenvalue weighted by molar-refractivity contribution is 5.93. The minimum absolute atomic E-state index is 0.164. The van der Waals surface area contributed by atoms with Gasteiger partial charge in [0.2, 0.25) is 0 Å². The zero-order valence-electron chi connectivity index (χ0n) is 11.9. The molecule has 3 rings (SSSR count). The summed E-state index contributed by atoms with van der Waals surface area (Å²) in [5, 5.41) is 5.37. The van der Waals surface area contributed by atoms with E-state index in [9.17, 15) is 13.6 Å². The highest BCUT2D eigenvalue weighted by Crippen LogP contribution is 2.23. The molecule has 0 atom stereocenters. The van der Waals surface area contributed by atoms with E-state index in [0.29, 0.717) is 5.82 Å². The van der Waals surface area contributed by atoms with Crippen molar-refractivity contribution < 1.29 is 13.6 Å². The summed E-state index contributed by atoms with van der Waals surface area (Å²) in [6, 6.07) is 5.12. The molecule has 0 saturated heterocycles. The Hall–Kier alpha value is -2.57. The molecule has 1 aromatic heterocycles. The third-order valence-electron chi connectivity index (χ3n) is 3.20. The van der Waals surface area contributed by atoms with Gasteiger partial charge in [-0.25, -0.2) is 18.7 Å². The van der Waals surface area contributed by atoms with Crippen LogP contribution >= 0.6 is 0 Å². The van der Waals surface area contributed by atoms with E-state index in [2.05, 4.69) is 20.6 Å². The predicted molar refractivity (Wildman–Crippen MR) is 76.9 cm³/mol. The molecule has 1 saturated carbocycles. The van der Waals surface area contributed by atoms with Gasteiger partial charge in [-0.3, -0.25) is 4.79 Å². The monoisotopic (exact) mass is 304 g/mol. The van der Waals surface area contributed by atoms with Crippen LogP contribution in [0.1, 0.15) is 29.2 Å². The van der Waals surface area contributed by atoms with E-state index < -0.39 is 11.6 Å². The molecule has 0 radical (unpaired) electrons. The second kappa shape index (κ2) is 5.67. The van der Waals surface area contributed by atoms with Gasteiger partial charge in [-0.15, -0.1) is 0 Å². The van der Waals surface area contributed by atoms with E-state index in [1.807, 2.05) is 0 Å². The van der Waals surface area contributed by atoms with Crippen molar-refractivity contribution in [3.8, 4) is 0 Å². The molecule has 7 heteroatoms. The van der Waals surface area contributed by atoms with Gasteiger partial charge in [0.05, 0.1) is 0 Å². The van der Waals surface area contributed by atoms with Crippen molar-refractivity contribution in [3.63, 3.8) is 0 Å². The number of benzene rings is 1. The van der Waals surface area contributed by atoms with E-state index in [4.69, 9.17) is 0 Å². The molecular weight excluding hydrogens is 290 g/mol. The number of para-hydroxylation sites is 1. The van der Waals surface area contributed by atoms with Crippen LogP contribution in [0.4, 0.5) is 20.3 Å². The van der Waals surface area contributed by atoms with E-state index in [1.165, 1.54) is 12.1 Å². The number of hydrogen-bond acceptors (Lipinski definition) is 4. The number of carbonyl (C=O) groups excluding carboxylic acids is 1. The summed E-state index contributed by atoms with van der Waals surface area (Å²) in [7, 11) is 0. The van der Waals surface area contributed by atoms with E-state index >= 15 is 0 Å². The van der Waals surface area contributed by atoms with Gasteiger partial charge in [0.15, 0.2) is 0 Å². The molecule has 1 aliphatic carbocycles. The van der Waals surface area contributed by atoms with Crippen LogP contribution < -0.4 is 10.6 Å². The molecule has 1 aromatic carbocycles. The minimum Gasteiger partial charge on any atom is -0.348 e. The Morgan fingerprint density at radius 3 is 2.55 bits per heavy atom. The Kier molecular flexibility index (Phi) is 3.70. The first-order valence-electron chi connectivity index (χ1n) is 6.90. The Balaban J connectivity index is 1.87. The molecule has 1 amide bonds. The largest absolute Gasteiger partial charge is 0.348 e. The van der Waals surface area contributed by atoms with Crippen molar-refractivity contribution in [2.24, 2.45) is 0 Å². The van der Waals surface area contributed by atoms with Gasteiger partial charge in [-0.1, -0.05) is 6.07 Å². The Morgan fingerprint density at radius 1 is 1.23 bits per heavy atom. The van der Waals surface area contributed by atoms with Crippen LogP contribution in [0, 0.1) is 18.6 Å². The van der Waals surface area contributed by atoms with Crippen LogP contribution in [0.25, 0.3) is 0 Å². The fourth-order valence-electron chi connectivity index (χ4n) is 1.98. The highest BCUT2D eigenvalue weighted by atomic mass is 19.1. The van der Waals surface area contributed by atoms with Gasteiger partial charge in [0, 0.05) is 12.1 Å². The number of amides is 1. The number of nitrogens with one attached hydrogen (secondary N) is 2. The molecule has 0 unspecified atom stereocenters. The van der Waals surface area contributed by atoms with Crippen LogP contribution in [0.15, 0.2) is 24.3 Å². The number of halogens is 2. The van der Waals surface area contributed by atoms with Crippen molar-refractivity contribution in [1.82, 2.24) is 15.3 Å². The minimum atomic E-state index is -0.736. The third-order valence-corrected chi connectivity index (χ3v) is 3.20. The van der Waals surface area contributed by atoms with Crippen LogP contribution in [0.2, 0.25) is 0 Å². The lowest BCUT2D eigenvalue weighted by molar-refractivity contribution is 0.0945. The third kappa shape index (κ3) is 3.19. The number of aryl methyl sites for hydroxylation is 1. The zero-order valence-corrected chi connectivity index (χ0v) is 11.9. The first-order chi connectivity index (χ1) is 10.5. The number of carbonyl (C=O) groups is 1. The van der Waals surface area contributed by atoms with Crippen molar-refractivity contribution in [1.29, 1.82) is 0 Å². The quantitative estimate of drug-likeness (QED) is 0.911. The predicted octanol–water partition coefficient (Wildman–Crippen LogP) is 2.70. The smallest absolute Gasteiger partial charge is 0.270 e. The van der Waals surface area contributed by atoms with E-state index in [1.54, 1.807) is 6.92 Å². The fourth-order valence-corrected chi connectivity index (χ4v) is 1.98. The topological polar surface area (TPSA) is 66.9 Å². The maximum Gasteiger partial charge on any atom is 0.270 e. The van der Waals surface area contributed by atoms with Crippen LogP contribution in [-0.4, -0.2) is 21.9 Å². The maximum atomic E-state index is 13.7. The standard InChI is InChI=1S/C15H14F2N4O/c1-8-18-12(15(22)20-9-5-6-9)7-13(19-8)21-14-10(16)3-2-4-11(14)17/h2-4,7,9H,5-6H2,1H3,(H,20,22)(H,18,19,21). The fraction of sp³-hybridized carbons (Fsp3) is 0.267. The van der Waals surface area contributed by atoms with E-state index in [0.717, 1.165) is 25.0 Å². The van der Waals surface area contributed by atoms with Crippen molar-refractivity contribution in [3.05, 3.63) is 47.4 Å². The zero-order chi connectivity index (χ0) is 15.7. The van der Waals surface area contributed by atoms with Crippen LogP contribution in [0.3, 0.4) is 0 Å². The molecule has 5 nitrogen and oxygen atoms in total. The molecule has 0 spiro atoms. The highest BCUT2D eigenvalue weighted by Gasteiger charge is 2.24. The molecule has 22 heavy (non-hydrogen) atoms. The lowest BCUT2D eigenvalue weighted by atomic mass is 10.2. The van der Waals surface area contributed by atoms with Crippen LogP contribution in [0.5, 0.6) is 0 Å². The van der Waals surface area contributed by atoms with Gasteiger partial charge >= 0.3 is 0 Å². The van der Waals surface area contributed by atoms with Crippen molar-refractivity contribution in [2.75, 3.05) is 5.32 Å². The molecule has 0 bridgehead atoms. The number of rotatable bonds is 4. The average Bonchev–Trinajstić information content (AvgIpc) is 3.26. The van der Waals surface area contributed by atoms with Gasteiger partial charge in [-0.2, -0.15) is 0 Å². The first-order valence-corrected chi connectivity index (χ1v) is 6.90. The van der Waals surface area contributed by atoms with Gasteiger partial charge < -0.3 is 10.6 Å². The molecule has 2 N–H and O–H groups in total. The normalized spacial score (nSPS) is 13.8. The summed E-state index contributed by atoms with van der Waals surface area (Å²) >= 11 is 0. The maximum absolute atomic E-state index is 13.7. The van der Waals surface area contributed by atoms with E-state index in [-0.39, 0.29) is 29.1 Å². The van der Waals surface area contributed by atoms with Crippen LogP contribution in [-0.2, 0) is 0 Å². The van der Waals surface area contributed by atoms with Gasteiger partial charge in [0.1, 0.15) is 34.7 Å². The lowest BCUT2D eigenvalue weighted by Gasteiger charge is -2.10. The van der Waals surface area contributed by atoms with Gasteiger partial charge in [-0.05, 0) is 31.9 Å². The molecule has 2 aromatic rings. The summed E-state index contributed by atoms with van der Waals surface area (Å²) in [6.07, 6.45) is 1.92. The number of hydrogen-bond donors (Lipinski definition) is 2. The Morgan fingerprint density at radius 2 is 1.91 bits per heavy atom. The number of aromatic nitrogens is 2. The lowest BCUT2D eigenvalue weighted by Crippen LogP contribution is -2.26. The average molecular weight is 304 g/mol. The first kappa shape index (κ1) is 14.4. The number of nitrogens with zero attached hydrogens (tertiary/aromatic N) is 2. The van der Waals surface area contributed by atoms with Crippen molar-refractivity contribution >= 4 is 17.4 Å². The molecule has 114 valence electrons. The SMILES string of the molecule is Cc1nc(Nc2c(F)cccc2F)cc(C(=O)NC2CC2)n1. The molecule has 1 aliphatic rings. The summed E-state index contributed by atoms with van der Waals surface area (Å²) < 4.78 is 27.3. The summed E-state index contributed by atoms with van der Waals surface area (Å²) in [6.45, 7) is 1.61. The number of anilines is 2. The summed E-state index contributed by atoms with van der Waals surface area (Å²) in [5.74, 6) is -1.29.